The van der Waals surface area contributed by atoms with Gasteiger partial charge in [-0.05, 0) is 24.6 Å². The van der Waals surface area contributed by atoms with Crippen molar-refractivity contribution in [2.24, 2.45) is 0 Å². The molecule has 2 rings (SSSR count). The van der Waals surface area contributed by atoms with Crippen molar-refractivity contribution in [3.05, 3.63) is 64.2 Å². The topological polar surface area (TPSA) is 128 Å². The maximum Gasteiger partial charge on any atom is 0.340 e. The molecule has 2 aromatic carbocycles. The largest absolute Gasteiger partial charge is 0.452 e. The summed E-state index contributed by atoms with van der Waals surface area (Å²) in [6.45, 7) is 1.62. The van der Waals surface area contributed by atoms with Crippen molar-refractivity contribution in [1.82, 2.24) is 0 Å². The second-order valence-electron chi connectivity index (χ2n) is 8.60. The maximum atomic E-state index is 12.5. The fourth-order valence-corrected chi connectivity index (χ4v) is 3.68. The molecule has 0 fully saturated rings. The van der Waals surface area contributed by atoms with Gasteiger partial charge in [0.1, 0.15) is 0 Å². The van der Waals surface area contributed by atoms with E-state index in [9.17, 15) is 24.5 Å². The lowest BCUT2D eigenvalue weighted by atomic mass is 10.1. The summed E-state index contributed by atoms with van der Waals surface area (Å²) in [5.41, 5.74) is 0.509. The maximum absolute atomic E-state index is 12.5. The van der Waals surface area contributed by atoms with Crippen molar-refractivity contribution >= 4 is 34.8 Å². The number of carbonyl (C=O) groups excluding carboxylic acids is 3. The summed E-state index contributed by atoms with van der Waals surface area (Å²) in [6.07, 6.45) is 10.8. The van der Waals surface area contributed by atoms with Crippen LogP contribution < -0.4 is 10.6 Å². The number of nitrogens with one attached hydrogen (secondary N) is 2. The van der Waals surface area contributed by atoms with Gasteiger partial charge >= 0.3 is 5.97 Å². The van der Waals surface area contributed by atoms with Crippen LogP contribution in [0.1, 0.15) is 81.5 Å². The first kappa shape index (κ1) is 28.5. The van der Waals surface area contributed by atoms with Crippen molar-refractivity contribution in [3.63, 3.8) is 0 Å². The van der Waals surface area contributed by atoms with Gasteiger partial charge < -0.3 is 15.4 Å². The van der Waals surface area contributed by atoms with Gasteiger partial charge in [-0.1, -0.05) is 76.5 Å². The van der Waals surface area contributed by atoms with Crippen LogP contribution in [-0.2, 0) is 14.3 Å². The number of esters is 1. The Bertz CT molecular complexity index is 1020. The summed E-state index contributed by atoms with van der Waals surface area (Å²) in [6, 6.07) is 11.9. The standard InChI is InChI=1S/C27H35N3O6/c1-2-3-4-5-6-7-8-9-10-18-25(31)29-24-17-12-11-16-23(24)27(33)36-20-26(32)28-21-14-13-15-22(19-21)30(34)35/h11-17,19H,2-10,18,20H2,1H3,(H,28,32)(H,29,31). The molecule has 0 spiro atoms. The number of amides is 2. The Morgan fingerprint density at radius 1 is 0.833 bits per heavy atom. The van der Waals surface area contributed by atoms with Crippen molar-refractivity contribution in [1.29, 1.82) is 0 Å². The molecular weight excluding hydrogens is 462 g/mol. The van der Waals surface area contributed by atoms with Gasteiger partial charge in [-0.2, -0.15) is 0 Å². The highest BCUT2D eigenvalue weighted by Gasteiger charge is 2.16. The minimum Gasteiger partial charge on any atom is -0.452 e. The van der Waals surface area contributed by atoms with E-state index in [2.05, 4.69) is 17.6 Å². The number of para-hydroxylation sites is 1. The van der Waals surface area contributed by atoms with Crippen LogP contribution in [0.25, 0.3) is 0 Å². The van der Waals surface area contributed by atoms with Crippen LogP contribution >= 0.6 is 0 Å². The van der Waals surface area contributed by atoms with Crippen LogP contribution in [0.3, 0.4) is 0 Å². The summed E-state index contributed by atoms with van der Waals surface area (Å²) in [7, 11) is 0. The van der Waals surface area contributed by atoms with Gasteiger partial charge in [-0.3, -0.25) is 19.7 Å². The normalized spacial score (nSPS) is 10.5. The number of carbonyl (C=O) groups is 3. The summed E-state index contributed by atoms with van der Waals surface area (Å²) < 4.78 is 5.09. The number of nitro groups is 1. The zero-order valence-electron chi connectivity index (χ0n) is 20.8. The zero-order valence-corrected chi connectivity index (χ0v) is 20.8. The summed E-state index contributed by atoms with van der Waals surface area (Å²) >= 11 is 0. The lowest BCUT2D eigenvalue weighted by Crippen LogP contribution is -2.22. The molecule has 0 unspecified atom stereocenters. The average Bonchev–Trinajstić information content (AvgIpc) is 2.86. The molecular formula is C27H35N3O6. The van der Waals surface area contributed by atoms with E-state index >= 15 is 0 Å². The Hall–Kier alpha value is -3.75. The third-order valence-electron chi connectivity index (χ3n) is 5.60. The molecule has 2 amide bonds. The van der Waals surface area contributed by atoms with Crippen molar-refractivity contribution in [2.45, 2.75) is 71.1 Å². The van der Waals surface area contributed by atoms with E-state index in [0.29, 0.717) is 12.1 Å². The van der Waals surface area contributed by atoms with E-state index in [4.69, 9.17) is 4.74 Å². The Morgan fingerprint density at radius 2 is 1.50 bits per heavy atom. The summed E-state index contributed by atoms with van der Waals surface area (Å²) in [4.78, 5) is 47.3. The van der Waals surface area contributed by atoms with Crippen LogP contribution in [0.15, 0.2) is 48.5 Å². The molecule has 0 bridgehead atoms. The molecule has 0 aromatic heterocycles. The predicted octanol–water partition coefficient (Wildman–Crippen LogP) is 6.25. The monoisotopic (exact) mass is 497 g/mol. The van der Waals surface area contributed by atoms with Gasteiger partial charge in [-0.15, -0.1) is 0 Å². The van der Waals surface area contributed by atoms with Gasteiger partial charge in [0.2, 0.25) is 5.91 Å². The van der Waals surface area contributed by atoms with Crippen molar-refractivity contribution in [2.75, 3.05) is 17.2 Å². The highest BCUT2D eigenvalue weighted by molar-refractivity contribution is 6.02. The third-order valence-corrected chi connectivity index (χ3v) is 5.60. The first-order valence-corrected chi connectivity index (χ1v) is 12.5. The van der Waals surface area contributed by atoms with E-state index in [1.54, 1.807) is 18.2 Å². The fraction of sp³-hybridized carbons (Fsp3) is 0.444. The highest BCUT2D eigenvalue weighted by atomic mass is 16.6. The molecule has 0 radical (unpaired) electrons. The number of unbranched alkanes of at least 4 members (excludes halogenated alkanes) is 8. The number of rotatable bonds is 16. The van der Waals surface area contributed by atoms with E-state index < -0.39 is 23.4 Å². The highest BCUT2D eigenvalue weighted by Crippen LogP contribution is 2.19. The average molecular weight is 498 g/mol. The third kappa shape index (κ3) is 10.7. The van der Waals surface area contributed by atoms with Crippen LogP contribution in [0, 0.1) is 10.1 Å². The Balaban J connectivity index is 1.76. The molecule has 0 saturated carbocycles. The van der Waals surface area contributed by atoms with Crippen molar-refractivity contribution in [3.8, 4) is 0 Å². The summed E-state index contributed by atoms with van der Waals surface area (Å²) in [5, 5.41) is 16.1. The van der Waals surface area contributed by atoms with Gasteiger partial charge in [0.25, 0.3) is 11.6 Å². The minimum atomic E-state index is -0.761. The molecule has 194 valence electrons. The second kappa shape index (κ2) is 16.0. The summed E-state index contributed by atoms with van der Waals surface area (Å²) in [5.74, 6) is -1.58. The van der Waals surface area contributed by atoms with Crippen LogP contribution in [0.5, 0.6) is 0 Å². The first-order chi connectivity index (χ1) is 17.4. The number of non-ortho nitro benzene ring substituents is 1. The van der Waals surface area contributed by atoms with Crippen LogP contribution in [-0.4, -0.2) is 29.3 Å². The molecule has 0 aliphatic rings. The first-order valence-electron chi connectivity index (χ1n) is 12.5. The molecule has 0 aliphatic carbocycles. The molecule has 0 heterocycles. The smallest absolute Gasteiger partial charge is 0.340 e. The molecule has 9 nitrogen and oxygen atoms in total. The van der Waals surface area contributed by atoms with Gasteiger partial charge in [0.15, 0.2) is 6.61 Å². The van der Waals surface area contributed by atoms with Gasteiger partial charge in [0.05, 0.1) is 16.2 Å². The molecule has 0 atom stereocenters. The Morgan fingerprint density at radius 3 is 2.19 bits per heavy atom. The molecule has 2 N–H and O–H groups in total. The van der Waals surface area contributed by atoms with Gasteiger partial charge in [0, 0.05) is 24.2 Å². The molecule has 2 aromatic rings. The quantitative estimate of drug-likeness (QED) is 0.122. The van der Waals surface area contributed by atoms with E-state index in [-0.39, 0.29) is 22.8 Å². The SMILES string of the molecule is CCCCCCCCCCCC(=O)Nc1ccccc1C(=O)OCC(=O)Nc1cccc([N+](=O)[O-])c1. The lowest BCUT2D eigenvalue weighted by Gasteiger charge is -2.11. The van der Waals surface area contributed by atoms with E-state index in [0.717, 1.165) is 19.3 Å². The van der Waals surface area contributed by atoms with Crippen molar-refractivity contribution < 1.29 is 24.0 Å². The molecule has 36 heavy (non-hydrogen) atoms. The number of anilines is 2. The lowest BCUT2D eigenvalue weighted by molar-refractivity contribution is -0.384. The number of hydrogen-bond acceptors (Lipinski definition) is 6. The van der Waals surface area contributed by atoms with Crippen LogP contribution in [0.2, 0.25) is 0 Å². The molecule has 9 heteroatoms. The van der Waals surface area contributed by atoms with Gasteiger partial charge in [-0.25, -0.2) is 4.79 Å². The number of hydrogen-bond donors (Lipinski definition) is 2. The Kier molecular flexibility index (Phi) is 12.7. The van der Waals surface area contributed by atoms with E-state index in [1.165, 1.54) is 68.9 Å². The number of ether oxygens (including phenoxy) is 1. The van der Waals surface area contributed by atoms with Crippen LogP contribution in [0.4, 0.5) is 17.1 Å². The van der Waals surface area contributed by atoms with E-state index in [1.807, 2.05) is 0 Å². The molecule has 0 saturated heterocycles. The fourth-order valence-electron chi connectivity index (χ4n) is 3.68. The zero-order chi connectivity index (χ0) is 26.2. The minimum absolute atomic E-state index is 0.140. The second-order valence-corrected chi connectivity index (χ2v) is 8.60. The number of nitrogens with zero attached hydrogens (tertiary/aromatic N) is 1. The number of benzene rings is 2. The molecule has 0 aliphatic heterocycles. The Labute approximate surface area is 211 Å². The predicted molar refractivity (Wildman–Crippen MR) is 139 cm³/mol. The number of nitro benzene ring substituents is 1.